The zero-order chi connectivity index (χ0) is 19.2. The number of carbonyl (C=O) groups excluding carboxylic acids is 2. The van der Waals surface area contributed by atoms with Crippen molar-refractivity contribution in [3.8, 4) is 0 Å². The zero-order valence-electron chi connectivity index (χ0n) is 16.8. The lowest BCUT2D eigenvalue weighted by atomic mass is 9.74. The first-order valence-corrected chi connectivity index (χ1v) is 9.59. The summed E-state index contributed by atoms with van der Waals surface area (Å²) < 4.78 is 5.29. The fourth-order valence-electron chi connectivity index (χ4n) is 3.67. The van der Waals surface area contributed by atoms with Gasteiger partial charge in [0.2, 0.25) is 0 Å². The molecule has 0 saturated carbocycles. The molecule has 0 fully saturated rings. The highest BCUT2D eigenvalue weighted by molar-refractivity contribution is 5.87. The van der Waals surface area contributed by atoms with Crippen LogP contribution in [0.4, 0.5) is 0 Å². The summed E-state index contributed by atoms with van der Waals surface area (Å²) in [5.74, 6) is 0.0758. The molecular weight excluding hydrogens is 316 g/mol. The van der Waals surface area contributed by atoms with Crippen LogP contribution < -0.4 is 0 Å². The van der Waals surface area contributed by atoms with E-state index < -0.39 is 17.5 Å². The Morgan fingerprint density at radius 3 is 2.48 bits per heavy atom. The van der Waals surface area contributed by atoms with Crippen LogP contribution in [0.25, 0.3) is 0 Å². The number of ketones is 1. The highest BCUT2D eigenvalue weighted by atomic mass is 16.5. The third kappa shape index (κ3) is 6.93. The van der Waals surface area contributed by atoms with E-state index in [1.54, 1.807) is 13.8 Å². The van der Waals surface area contributed by atoms with Crippen molar-refractivity contribution in [2.24, 2.45) is 23.2 Å². The van der Waals surface area contributed by atoms with Crippen LogP contribution in [0.3, 0.4) is 0 Å². The van der Waals surface area contributed by atoms with E-state index in [9.17, 15) is 14.7 Å². The average Bonchev–Trinajstić information content (AvgIpc) is 2.51. The molecule has 1 rings (SSSR count). The minimum Gasteiger partial charge on any atom is -0.465 e. The van der Waals surface area contributed by atoms with Crippen LogP contribution in [0.15, 0.2) is 11.6 Å². The van der Waals surface area contributed by atoms with Gasteiger partial charge in [0.25, 0.3) is 0 Å². The molecule has 0 bridgehead atoms. The topological polar surface area (TPSA) is 63.6 Å². The molecule has 0 saturated heterocycles. The quantitative estimate of drug-likeness (QED) is 0.521. The number of esters is 1. The SMILES string of the molecule is C/C1=C/[C@H](C)COC(=O)CC(O)C(C)(C)C(=O)C(C)CC(C)CCC1. The van der Waals surface area contributed by atoms with Crippen LogP contribution in [0.5, 0.6) is 0 Å². The van der Waals surface area contributed by atoms with E-state index in [1.165, 1.54) is 5.57 Å². The Hall–Kier alpha value is -1.16. The van der Waals surface area contributed by atoms with E-state index >= 15 is 0 Å². The van der Waals surface area contributed by atoms with Gasteiger partial charge in [-0.05, 0) is 32.1 Å². The van der Waals surface area contributed by atoms with E-state index in [2.05, 4.69) is 19.9 Å². The number of Topliss-reactive ketones (excluding diaryl/α,β-unsaturated/α-hetero) is 1. The Kier molecular flexibility index (Phi) is 8.33. The molecule has 4 nitrogen and oxygen atoms in total. The number of hydrogen-bond acceptors (Lipinski definition) is 4. The normalized spacial score (nSPS) is 35.6. The zero-order valence-corrected chi connectivity index (χ0v) is 16.8. The molecule has 0 amide bonds. The fourth-order valence-corrected chi connectivity index (χ4v) is 3.67. The summed E-state index contributed by atoms with van der Waals surface area (Å²) in [7, 11) is 0. The van der Waals surface area contributed by atoms with Crippen molar-refractivity contribution in [2.75, 3.05) is 6.61 Å². The van der Waals surface area contributed by atoms with Crippen LogP contribution in [0.1, 0.15) is 73.6 Å². The molecule has 1 heterocycles. The molecule has 0 aromatic rings. The standard InChI is InChI=1S/C21H36O4/c1-14-8-7-9-15(2)11-17(4)20(24)21(5,6)18(22)12-19(23)25-13-16(3)10-14/h10,15-18,22H,7-9,11-13H2,1-6H3/b14-10-/t15?,16-,17?,18?/m0/s1. The molecule has 4 heteroatoms. The molecular formula is C21H36O4. The molecule has 25 heavy (non-hydrogen) atoms. The van der Waals surface area contributed by atoms with Gasteiger partial charge in [0.1, 0.15) is 5.78 Å². The van der Waals surface area contributed by atoms with Crippen molar-refractivity contribution in [3.63, 3.8) is 0 Å². The molecule has 144 valence electrons. The van der Waals surface area contributed by atoms with Crippen LogP contribution in [-0.4, -0.2) is 29.6 Å². The number of ether oxygens (including phenoxy) is 1. The van der Waals surface area contributed by atoms with Gasteiger partial charge in [-0.1, -0.05) is 52.7 Å². The lowest BCUT2D eigenvalue weighted by Crippen LogP contribution is -2.42. The van der Waals surface area contributed by atoms with E-state index in [0.717, 1.165) is 25.7 Å². The van der Waals surface area contributed by atoms with E-state index in [0.29, 0.717) is 12.5 Å². The second-order valence-electron chi connectivity index (χ2n) is 8.61. The molecule has 0 spiro atoms. The number of carbonyl (C=O) groups is 2. The fraction of sp³-hybridized carbons (Fsp3) is 0.810. The smallest absolute Gasteiger partial charge is 0.308 e. The number of aliphatic hydroxyl groups excluding tert-OH is 1. The van der Waals surface area contributed by atoms with Crippen molar-refractivity contribution < 1.29 is 19.4 Å². The summed E-state index contributed by atoms with van der Waals surface area (Å²) in [6.07, 6.45) is 5.05. The van der Waals surface area contributed by atoms with E-state index in [-0.39, 0.29) is 24.0 Å². The van der Waals surface area contributed by atoms with Gasteiger partial charge in [-0.2, -0.15) is 0 Å². The first-order chi connectivity index (χ1) is 11.5. The maximum absolute atomic E-state index is 12.8. The maximum atomic E-state index is 12.8. The Morgan fingerprint density at radius 2 is 1.84 bits per heavy atom. The lowest BCUT2D eigenvalue weighted by molar-refractivity contribution is -0.151. The van der Waals surface area contributed by atoms with Gasteiger partial charge in [0.05, 0.1) is 24.5 Å². The minimum absolute atomic E-state index is 0.0242. The monoisotopic (exact) mass is 352 g/mol. The van der Waals surface area contributed by atoms with Crippen molar-refractivity contribution in [3.05, 3.63) is 11.6 Å². The van der Waals surface area contributed by atoms with Gasteiger partial charge in [-0.25, -0.2) is 0 Å². The number of rotatable bonds is 0. The first-order valence-electron chi connectivity index (χ1n) is 9.59. The number of cyclic esters (lactones) is 1. The van der Waals surface area contributed by atoms with Gasteiger partial charge in [-0.3, -0.25) is 9.59 Å². The van der Waals surface area contributed by atoms with Crippen LogP contribution >= 0.6 is 0 Å². The van der Waals surface area contributed by atoms with E-state index in [4.69, 9.17) is 4.74 Å². The molecule has 1 aliphatic heterocycles. The number of allylic oxidation sites excluding steroid dienone is 1. The molecule has 0 aromatic heterocycles. The summed E-state index contributed by atoms with van der Waals surface area (Å²) in [4.78, 5) is 24.8. The van der Waals surface area contributed by atoms with Crippen molar-refractivity contribution in [2.45, 2.75) is 79.8 Å². The summed E-state index contributed by atoms with van der Waals surface area (Å²) >= 11 is 0. The molecule has 0 aliphatic carbocycles. The number of hydrogen-bond donors (Lipinski definition) is 1. The highest BCUT2D eigenvalue weighted by Crippen LogP contribution is 2.31. The lowest BCUT2D eigenvalue weighted by Gasteiger charge is -2.32. The molecule has 4 atom stereocenters. The summed E-state index contributed by atoms with van der Waals surface area (Å²) in [5.41, 5.74) is 0.366. The van der Waals surface area contributed by atoms with E-state index in [1.807, 2.05) is 13.8 Å². The maximum Gasteiger partial charge on any atom is 0.308 e. The Morgan fingerprint density at radius 1 is 1.20 bits per heavy atom. The second kappa shape index (κ2) is 9.51. The predicted octanol–water partition coefficient (Wildman–Crippen LogP) is 4.30. The third-order valence-corrected chi connectivity index (χ3v) is 5.38. The van der Waals surface area contributed by atoms with Crippen LogP contribution in [0, 0.1) is 23.2 Å². The third-order valence-electron chi connectivity index (χ3n) is 5.38. The second-order valence-corrected chi connectivity index (χ2v) is 8.61. The Bertz CT molecular complexity index is 492. The van der Waals surface area contributed by atoms with Crippen molar-refractivity contribution >= 4 is 11.8 Å². The molecule has 3 unspecified atom stereocenters. The molecule has 1 aliphatic rings. The van der Waals surface area contributed by atoms with Gasteiger partial charge < -0.3 is 9.84 Å². The molecule has 0 aromatic carbocycles. The first kappa shape index (κ1) is 21.9. The van der Waals surface area contributed by atoms with Crippen LogP contribution in [0.2, 0.25) is 0 Å². The van der Waals surface area contributed by atoms with Gasteiger partial charge in [0, 0.05) is 11.8 Å². The van der Waals surface area contributed by atoms with Crippen LogP contribution in [-0.2, 0) is 14.3 Å². The number of aliphatic hydroxyl groups is 1. The summed E-state index contributed by atoms with van der Waals surface area (Å²) in [5, 5.41) is 10.4. The summed E-state index contributed by atoms with van der Waals surface area (Å²) in [6, 6.07) is 0. The minimum atomic E-state index is -1.02. The van der Waals surface area contributed by atoms with Gasteiger partial charge in [-0.15, -0.1) is 0 Å². The average molecular weight is 353 g/mol. The molecule has 0 radical (unpaired) electrons. The van der Waals surface area contributed by atoms with Gasteiger partial charge >= 0.3 is 5.97 Å². The van der Waals surface area contributed by atoms with Crippen molar-refractivity contribution in [1.82, 2.24) is 0 Å². The molecule has 1 N–H and O–H groups in total. The highest BCUT2D eigenvalue weighted by Gasteiger charge is 2.39. The van der Waals surface area contributed by atoms with Crippen molar-refractivity contribution in [1.29, 1.82) is 0 Å². The predicted molar refractivity (Wildman–Crippen MR) is 100 cm³/mol. The van der Waals surface area contributed by atoms with Gasteiger partial charge in [0.15, 0.2) is 0 Å². The largest absolute Gasteiger partial charge is 0.465 e. The summed E-state index contributed by atoms with van der Waals surface area (Å²) in [6.45, 7) is 12.0. The Balaban J connectivity index is 2.93. The Labute approximate surface area is 153 Å².